The molecule has 1 amide bonds. The maximum atomic E-state index is 12.1. The molecule has 0 radical (unpaired) electrons. The van der Waals surface area contributed by atoms with Gasteiger partial charge in [-0.05, 0) is 42.8 Å². The van der Waals surface area contributed by atoms with Gasteiger partial charge in [-0.15, -0.1) is 0 Å². The van der Waals surface area contributed by atoms with E-state index in [-0.39, 0.29) is 5.57 Å². The molecular formula is C17H13Cl2N3O. The zero-order valence-corrected chi connectivity index (χ0v) is 13.7. The first-order valence-corrected chi connectivity index (χ1v) is 7.45. The molecule has 0 aliphatic rings. The van der Waals surface area contributed by atoms with Gasteiger partial charge in [0.25, 0.3) is 5.91 Å². The highest BCUT2D eigenvalue weighted by molar-refractivity contribution is 6.31. The summed E-state index contributed by atoms with van der Waals surface area (Å²) < 4.78 is 0. The number of hydrogen-bond acceptors (Lipinski definition) is 3. The summed E-state index contributed by atoms with van der Waals surface area (Å²) in [5.74, 6) is -0.526. The fourth-order valence-corrected chi connectivity index (χ4v) is 2.19. The molecule has 0 fully saturated rings. The SMILES string of the molecule is Cc1c(Cl)cccc1NC=C(C#N)C(=O)Nc1cccc(Cl)c1. The Bertz CT molecular complexity index is 810. The van der Waals surface area contributed by atoms with Gasteiger partial charge in [0.15, 0.2) is 0 Å². The van der Waals surface area contributed by atoms with Crippen molar-refractivity contribution in [2.45, 2.75) is 6.92 Å². The summed E-state index contributed by atoms with van der Waals surface area (Å²) in [4.78, 5) is 12.1. The van der Waals surface area contributed by atoms with Gasteiger partial charge in [0.1, 0.15) is 11.6 Å². The van der Waals surface area contributed by atoms with Crippen molar-refractivity contribution < 1.29 is 4.79 Å². The summed E-state index contributed by atoms with van der Waals surface area (Å²) in [6.45, 7) is 1.84. The second kappa shape index (κ2) is 7.68. The summed E-state index contributed by atoms with van der Waals surface area (Å²) in [6.07, 6.45) is 1.35. The smallest absolute Gasteiger partial charge is 0.267 e. The molecule has 0 atom stereocenters. The first-order valence-electron chi connectivity index (χ1n) is 6.70. The number of hydrogen-bond donors (Lipinski definition) is 2. The fraction of sp³-hybridized carbons (Fsp3) is 0.0588. The van der Waals surface area contributed by atoms with Crippen molar-refractivity contribution in [1.29, 1.82) is 5.26 Å². The number of carbonyl (C=O) groups is 1. The molecule has 0 bridgehead atoms. The predicted molar refractivity (Wildman–Crippen MR) is 93.6 cm³/mol. The van der Waals surface area contributed by atoms with E-state index in [0.717, 1.165) is 11.3 Å². The van der Waals surface area contributed by atoms with E-state index in [1.807, 2.05) is 19.1 Å². The van der Waals surface area contributed by atoms with Crippen LogP contribution in [0.5, 0.6) is 0 Å². The third-order valence-corrected chi connectivity index (χ3v) is 3.73. The molecule has 0 aliphatic carbocycles. The molecule has 2 aromatic carbocycles. The average molecular weight is 346 g/mol. The standard InChI is InChI=1S/C17H13Cl2N3O/c1-11-15(19)6-3-7-16(11)21-10-12(9-20)17(23)22-14-5-2-4-13(18)8-14/h2-8,10,21H,1H3,(H,22,23). The van der Waals surface area contributed by atoms with Crippen molar-refractivity contribution >= 4 is 40.5 Å². The zero-order valence-electron chi connectivity index (χ0n) is 12.2. The maximum absolute atomic E-state index is 12.1. The number of anilines is 2. The van der Waals surface area contributed by atoms with Gasteiger partial charge in [0, 0.05) is 27.6 Å². The third-order valence-electron chi connectivity index (χ3n) is 3.09. The van der Waals surface area contributed by atoms with Gasteiger partial charge in [-0.3, -0.25) is 4.79 Å². The van der Waals surface area contributed by atoms with E-state index in [2.05, 4.69) is 10.6 Å². The lowest BCUT2D eigenvalue weighted by Gasteiger charge is -2.08. The Labute approximate surface area is 144 Å². The molecule has 0 heterocycles. The quantitative estimate of drug-likeness (QED) is 0.620. The number of amides is 1. The van der Waals surface area contributed by atoms with Gasteiger partial charge in [-0.25, -0.2) is 0 Å². The highest BCUT2D eigenvalue weighted by Crippen LogP contribution is 2.23. The second-order valence-electron chi connectivity index (χ2n) is 4.69. The van der Waals surface area contributed by atoms with Crippen molar-refractivity contribution in [3.05, 3.63) is 69.8 Å². The van der Waals surface area contributed by atoms with Crippen LogP contribution in [0.1, 0.15) is 5.56 Å². The van der Waals surface area contributed by atoms with E-state index in [4.69, 9.17) is 28.5 Å². The summed E-state index contributed by atoms with van der Waals surface area (Å²) in [5.41, 5.74) is 2.01. The first-order chi connectivity index (χ1) is 11.0. The molecule has 0 aliphatic heterocycles. The van der Waals surface area contributed by atoms with Crippen LogP contribution in [-0.2, 0) is 4.79 Å². The van der Waals surface area contributed by atoms with Crippen LogP contribution in [0.15, 0.2) is 54.2 Å². The highest BCUT2D eigenvalue weighted by Gasteiger charge is 2.10. The number of nitrogens with zero attached hydrogens (tertiary/aromatic N) is 1. The number of rotatable bonds is 4. The Balaban J connectivity index is 2.14. The van der Waals surface area contributed by atoms with E-state index in [0.29, 0.717) is 15.7 Å². The minimum atomic E-state index is -0.526. The molecule has 0 saturated heterocycles. The van der Waals surface area contributed by atoms with E-state index in [1.54, 1.807) is 36.4 Å². The molecule has 6 heteroatoms. The van der Waals surface area contributed by atoms with E-state index >= 15 is 0 Å². The molecule has 0 unspecified atom stereocenters. The molecule has 4 nitrogen and oxygen atoms in total. The van der Waals surface area contributed by atoms with Crippen molar-refractivity contribution in [2.24, 2.45) is 0 Å². The highest BCUT2D eigenvalue weighted by atomic mass is 35.5. The molecule has 116 valence electrons. The number of nitriles is 1. The van der Waals surface area contributed by atoms with Crippen molar-refractivity contribution in [3.63, 3.8) is 0 Å². The van der Waals surface area contributed by atoms with Crippen LogP contribution >= 0.6 is 23.2 Å². The van der Waals surface area contributed by atoms with Crippen LogP contribution in [0, 0.1) is 18.3 Å². The number of halogens is 2. The van der Waals surface area contributed by atoms with Crippen LogP contribution in [0.25, 0.3) is 0 Å². The zero-order chi connectivity index (χ0) is 16.8. The van der Waals surface area contributed by atoms with Gasteiger partial charge >= 0.3 is 0 Å². The molecule has 0 aromatic heterocycles. The average Bonchev–Trinajstić information content (AvgIpc) is 2.52. The van der Waals surface area contributed by atoms with E-state index in [9.17, 15) is 4.79 Å². The van der Waals surface area contributed by atoms with Crippen LogP contribution in [-0.4, -0.2) is 5.91 Å². The van der Waals surface area contributed by atoms with Crippen molar-refractivity contribution in [3.8, 4) is 6.07 Å². The van der Waals surface area contributed by atoms with Crippen molar-refractivity contribution in [2.75, 3.05) is 10.6 Å². The summed E-state index contributed by atoms with van der Waals surface area (Å²) in [7, 11) is 0. The minimum Gasteiger partial charge on any atom is -0.360 e. The van der Waals surface area contributed by atoms with Gasteiger partial charge in [-0.1, -0.05) is 35.3 Å². The summed E-state index contributed by atoms with van der Waals surface area (Å²) >= 11 is 11.9. The molecule has 0 spiro atoms. The van der Waals surface area contributed by atoms with Crippen LogP contribution in [0.4, 0.5) is 11.4 Å². The molecule has 2 N–H and O–H groups in total. The van der Waals surface area contributed by atoms with Gasteiger partial charge in [-0.2, -0.15) is 5.26 Å². The molecule has 2 rings (SSSR count). The molecule has 2 aromatic rings. The lowest BCUT2D eigenvalue weighted by atomic mass is 10.2. The third kappa shape index (κ3) is 4.49. The summed E-state index contributed by atoms with van der Waals surface area (Å²) in [5, 5.41) is 15.8. The second-order valence-corrected chi connectivity index (χ2v) is 5.53. The number of benzene rings is 2. The lowest BCUT2D eigenvalue weighted by molar-refractivity contribution is -0.112. The Morgan fingerprint density at radius 2 is 1.96 bits per heavy atom. The monoisotopic (exact) mass is 345 g/mol. The maximum Gasteiger partial charge on any atom is 0.267 e. The normalized spacial score (nSPS) is 10.8. The van der Waals surface area contributed by atoms with Crippen LogP contribution in [0.2, 0.25) is 10.0 Å². The first kappa shape index (κ1) is 16.9. The van der Waals surface area contributed by atoms with Crippen molar-refractivity contribution in [1.82, 2.24) is 0 Å². The largest absolute Gasteiger partial charge is 0.360 e. The lowest BCUT2D eigenvalue weighted by Crippen LogP contribution is -2.14. The molecular weight excluding hydrogens is 333 g/mol. The Hall–Kier alpha value is -2.48. The van der Waals surface area contributed by atoms with Gasteiger partial charge in [0.2, 0.25) is 0 Å². The predicted octanol–water partition coefficient (Wildman–Crippen LogP) is 4.76. The fourth-order valence-electron chi connectivity index (χ4n) is 1.83. The van der Waals surface area contributed by atoms with Crippen LogP contribution in [0.3, 0.4) is 0 Å². The number of carbonyl (C=O) groups excluding carboxylic acids is 1. The van der Waals surface area contributed by atoms with Gasteiger partial charge < -0.3 is 10.6 Å². The van der Waals surface area contributed by atoms with E-state index in [1.165, 1.54) is 6.20 Å². The Morgan fingerprint density at radius 1 is 1.22 bits per heavy atom. The van der Waals surface area contributed by atoms with E-state index < -0.39 is 5.91 Å². The Kier molecular flexibility index (Phi) is 5.64. The Morgan fingerprint density at radius 3 is 2.65 bits per heavy atom. The number of nitrogens with one attached hydrogen (secondary N) is 2. The topological polar surface area (TPSA) is 64.9 Å². The van der Waals surface area contributed by atoms with Crippen LogP contribution < -0.4 is 10.6 Å². The van der Waals surface area contributed by atoms with Gasteiger partial charge in [0.05, 0.1) is 0 Å². The minimum absolute atomic E-state index is 0.0654. The summed E-state index contributed by atoms with van der Waals surface area (Å²) in [6, 6.07) is 13.9. The molecule has 23 heavy (non-hydrogen) atoms. The molecule has 0 saturated carbocycles.